The second-order valence-electron chi connectivity index (χ2n) is 7.07. The van der Waals surface area contributed by atoms with Crippen LogP contribution in [-0.4, -0.2) is 24.4 Å². The minimum Gasteiger partial charge on any atom is -0.443 e. The Morgan fingerprint density at radius 2 is 1.64 bits per heavy atom. The average Bonchev–Trinajstić information content (AvgIpc) is 2.53. The fourth-order valence-corrected chi connectivity index (χ4v) is 3.26. The Labute approximate surface area is 161 Å². The molecule has 1 rings (SSSR count). The maximum Gasteiger partial charge on any atom is 0.434 e. The lowest BCUT2D eigenvalue weighted by Crippen LogP contribution is -2.46. The fraction of sp³-hybridized carbons (Fsp3) is 0.650. The molecule has 2 nitrogen and oxygen atoms in total. The maximum atomic E-state index is 12.6. The van der Waals surface area contributed by atoms with Gasteiger partial charge in [-0.1, -0.05) is 55.7 Å². The van der Waals surface area contributed by atoms with Crippen LogP contribution in [0.25, 0.3) is 0 Å². The first kappa shape index (κ1) is 24.3. The molecular formula is C20H26F6O2. The number of hydrogen-bond acceptors (Lipinski definition) is 2. The van der Waals surface area contributed by atoms with Crippen LogP contribution < -0.4 is 0 Å². The number of halogens is 6. The van der Waals surface area contributed by atoms with Crippen molar-refractivity contribution in [2.75, 3.05) is 0 Å². The molecule has 0 aromatic carbocycles. The van der Waals surface area contributed by atoms with Crippen LogP contribution in [0.5, 0.6) is 0 Å². The molecule has 160 valence electrons. The molecule has 1 fully saturated rings. The summed E-state index contributed by atoms with van der Waals surface area (Å²) in [6, 6.07) is 0. The smallest absolute Gasteiger partial charge is 0.434 e. The molecule has 0 heterocycles. The normalized spacial score (nSPS) is 22.4. The lowest BCUT2D eigenvalue weighted by Gasteiger charge is -2.27. The first-order chi connectivity index (χ1) is 12.9. The van der Waals surface area contributed by atoms with Gasteiger partial charge in [0.15, 0.2) is 0 Å². The predicted octanol–water partition coefficient (Wildman–Crippen LogP) is 6.69. The zero-order valence-electron chi connectivity index (χ0n) is 15.8. The van der Waals surface area contributed by atoms with E-state index in [0.29, 0.717) is 19.3 Å². The van der Waals surface area contributed by atoms with E-state index >= 15 is 0 Å². The molecule has 0 bridgehead atoms. The quantitative estimate of drug-likeness (QED) is 0.276. The van der Waals surface area contributed by atoms with E-state index in [1.165, 1.54) is 0 Å². The van der Waals surface area contributed by atoms with Gasteiger partial charge in [0, 0.05) is 0 Å². The van der Waals surface area contributed by atoms with Crippen molar-refractivity contribution in [3.63, 3.8) is 0 Å². The summed E-state index contributed by atoms with van der Waals surface area (Å²) >= 11 is 0. The van der Waals surface area contributed by atoms with Crippen LogP contribution in [0.1, 0.15) is 51.9 Å². The van der Waals surface area contributed by atoms with Crippen molar-refractivity contribution in [2.24, 2.45) is 11.8 Å². The van der Waals surface area contributed by atoms with E-state index in [1.807, 2.05) is 31.2 Å². The van der Waals surface area contributed by atoms with E-state index in [-0.39, 0.29) is 18.8 Å². The Bertz CT molecular complexity index is 560. The van der Waals surface area contributed by atoms with Gasteiger partial charge in [-0.25, -0.2) is 0 Å². The van der Waals surface area contributed by atoms with Gasteiger partial charge >= 0.3 is 18.3 Å². The van der Waals surface area contributed by atoms with Gasteiger partial charge in [-0.05, 0) is 38.5 Å². The van der Waals surface area contributed by atoms with Gasteiger partial charge < -0.3 is 4.74 Å². The lowest BCUT2D eigenvalue weighted by molar-refractivity contribution is -0.314. The zero-order chi connectivity index (χ0) is 21.4. The minimum atomic E-state index is -5.69. The number of carbonyl (C=O) groups is 1. The number of esters is 1. The third-order valence-electron chi connectivity index (χ3n) is 4.69. The molecule has 1 aliphatic rings. The van der Waals surface area contributed by atoms with Crippen LogP contribution >= 0.6 is 0 Å². The Kier molecular flexibility index (Phi) is 9.30. The van der Waals surface area contributed by atoms with Gasteiger partial charge in [0.25, 0.3) is 6.10 Å². The van der Waals surface area contributed by atoms with Crippen LogP contribution in [0.15, 0.2) is 36.5 Å². The standard InChI is InChI=1S/C20H26F6O2/c1-3-4-5-8-14(2)13-15-9-6-7-10-16(12-11-15)17(27)28-18(19(21,22)23)20(24,25)26/h3-5,8,15-16,18H,2,6-7,9-13H2,1H3/b4-3-,8-5-. The van der Waals surface area contributed by atoms with E-state index in [4.69, 9.17) is 0 Å². The SMILES string of the molecule is C=C(/C=C\C=C/C)CC1CCCCC(C(=O)OC(C(F)(F)F)C(F)(F)F)CC1. The fourth-order valence-electron chi connectivity index (χ4n) is 3.26. The molecule has 0 saturated heterocycles. The molecule has 1 aliphatic carbocycles. The molecule has 0 N–H and O–H groups in total. The third-order valence-corrected chi connectivity index (χ3v) is 4.69. The van der Waals surface area contributed by atoms with Crippen molar-refractivity contribution in [2.45, 2.75) is 70.3 Å². The Morgan fingerprint density at radius 3 is 2.21 bits per heavy atom. The van der Waals surface area contributed by atoms with Gasteiger partial charge in [0.1, 0.15) is 0 Å². The topological polar surface area (TPSA) is 26.3 Å². The van der Waals surface area contributed by atoms with Crippen molar-refractivity contribution in [3.05, 3.63) is 36.5 Å². The van der Waals surface area contributed by atoms with Gasteiger partial charge in [-0.2, -0.15) is 26.3 Å². The van der Waals surface area contributed by atoms with Gasteiger partial charge in [0.05, 0.1) is 5.92 Å². The first-order valence-electron chi connectivity index (χ1n) is 9.26. The van der Waals surface area contributed by atoms with Gasteiger partial charge in [-0.15, -0.1) is 0 Å². The van der Waals surface area contributed by atoms with Crippen LogP contribution in [0.3, 0.4) is 0 Å². The molecular weight excluding hydrogens is 386 g/mol. The molecule has 8 heteroatoms. The van der Waals surface area contributed by atoms with E-state index < -0.39 is 30.3 Å². The molecule has 2 unspecified atom stereocenters. The second-order valence-corrected chi connectivity index (χ2v) is 7.07. The Hall–Kier alpha value is -1.73. The Balaban J connectivity index is 2.69. The summed E-state index contributed by atoms with van der Waals surface area (Å²) in [5.41, 5.74) is 0.886. The Morgan fingerprint density at radius 1 is 1.04 bits per heavy atom. The minimum absolute atomic E-state index is 0.180. The molecule has 1 saturated carbocycles. The first-order valence-corrected chi connectivity index (χ1v) is 9.26. The highest BCUT2D eigenvalue weighted by atomic mass is 19.4. The molecule has 0 amide bonds. The number of rotatable bonds is 6. The number of hydrogen-bond donors (Lipinski definition) is 0. The van der Waals surface area contributed by atoms with Crippen molar-refractivity contribution in [1.29, 1.82) is 0 Å². The highest BCUT2D eigenvalue weighted by Crippen LogP contribution is 2.37. The molecule has 0 radical (unpaired) electrons. The summed E-state index contributed by atoms with van der Waals surface area (Å²) in [5, 5.41) is 0. The van der Waals surface area contributed by atoms with Crippen molar-refractivity contribution >= 4 is 5.97 Å². The van der Waals surface area contributed by atoms with Crippen LogP contribution in [0.4, 0.5) is 26.3 Å². The summed E-state index contributed by atoms with van der Waals surface area (Å²) < 4.78 is 79.5. The maximum absolute atomic E-state index is 12.6. The van der Waals surface area contributed by atoms with Crippen LogP contribution in [0.2, 0.25) is 0 Å². The number of ether oxygens (including phenoxy) is 1. The third kappa shape index (κ3) is 8.52. The van der Waals surface area contributed by atoms with E-state index in [2.05, 4.69) is 11.3 Å². The summed E-state index contributed by atoms with van der Waals surface area (Å²) in [4.78, 5) is 12.0. The molecule has 2 atom stereocenters. The van der Waals surface area contributed by atoms with Gasteiger partial charge in [0.2, 0.25) is 0 Å². The summed E-state index contributed by atoms with van der Waals surface area (Å²) in [7, 11) is 0. The van der Waals surface area contributed by atoms with Crippen molar-refractivity contribution in [1.82, 2.24) is 0 Å². The number of alkyl halides is 6. The average molecular weight is 412 g/mol. The summed E-state index contributed by atoms with van der Waals surface area (Å²) in [5.74, 6) is -2.20. The van der Waals surface area contributed by atoms with Gasteiger partial charge in [-0.3, -0.25) is 4.79 Å². The second kappa shape index (κ2) is 10.7. The van der Waals surface area contributed by atoms with E-state index in [1.54, 1.807) is 0 Å². The summed E-state index contributed by atoms with van der Waals surface area (Å²) in [6.45, 7) is 5.84. The molecule has 28 heavy (non-hydrogen) atoms. The largest absolute Gasteiger partial charge is 0.443 e. The molecule has 0 spiro atoms. The van der Waals surface area contributed by atoms with E-state index in [0.717, 1.165) is 18.4 Å². The van der Waals surface area contributed by atoms with Crippen molar-refractivity contribution in [3.8, 4) is 0 Å². The van der Waals surface area contributed by atoms with Crippen LogP contribution in [-0.2, 0) is 9.53 Å². The predicted molar refractivity (Wildman–Crippen MR) is 94.4 cm³/mol. The molecule has 0 aliphatic heterocycles. The highest BCUT2D eigenvalue weighted by molar-refractivity contribution is 5.72. The van der Waals surface area contributed by atoms with Crippen molar-refractivity contribution < 1.29 is 35.9 Å². The number of allylic oxidation sites excluding steroid dienone is 5. The highest BCUT2D eigenvalue weighted by Gasteiger charge is 2.60. The number of carbonyl (C=O) groups excluding carboxylic acids is 1. The molecule has 0 aromatic heterocycles. The zero-order valence-corrected chi connectivity index (χ0v) is 15.8. The van der Waals surface area contributed by atoms with E-state index in [9.17, 15) is 31.1 Å². The summed E-state index contributed by atoms with van der Waals surface area (Å²) in [6.07, 6.45) is -4.20. The van der Waals surface area contributed by atoms with Crippen LogP contribution in [0, 0.1) is 11.8 Å². The monoisotopic (exact) mass is 412 g/mol. The molecule has 0 aromatic rings. The lowest BCUT2D eigenvalue weighted by atomic mass is 9.82.